The molecule has 0 atom stereocenters. The maximum atomic E-state index is 5.71. The van der Waals surface area contributed by atoms with E-state index < -0.39 is 0 Å². The maximum Gasteiger partial charge on any atom is 0.218 e. The van der Waals surface area contributed by atoms with E-state index in [1.54, 1.807) is 7.11 Å². The van der Waals surface area contributed by atoms with Crippen LogP contribution in [0.3, 0.4) is 0 Å². The van der Waals surface area contributed by atoms with E-state index in [9.17, 15) is 0 Å². The first-order valence-corrected chi connectivity index (χ1v) is 6.90. The van der Waals surface area contributed by atoms with Crippen LogP contribution in [0.25, 0.3) is 0 Å². The van der Waals surface area contributed by atoms with Crippen molar-refractivity contribution in [3.63, 3.8) is 0 Å². The summed E-state index contributed by atoms with van der Waals surface area (Å²) in [6.45, 7) is 4.06. The first kappa shape index (κ1) is 12.7. The van der Waals surface area contributed by atoms with Gasteiger partial charge in [0.05, 0.1) is 26.4 Å². The van der Waals surface area contributed by atoms with Crippen LogP contribution >= 0.6 is 0 Å². The van der Waals surface area contributed by atoms with E-state index in [1.807, 2.05) is 6.07 Å². The van der Waals surface area contributed by atoms with Crippen molar-refractivity contribution in [2.24, 2.45) is 0 Å². The van der Waals surface area contributed by atoms with E-state index in [4.69, 9.17) is 15.2 Å². The zero-order valence-electron chi connectivity index (χ0n) is 11.3. The summed E-state index contributed by atoms with van der Waals surface area (Å²) >= 11 is 0. The summed E-state index contributed by atoms with van der Waals surface area (Å²) in [6, 6.07) is 4.57. The minimum absolute atomic E-state index is 0.518. The number of hydrogen-bond acceptors (Lipinski definition) is 5. The van der Waals surface area contributed by atoms with Gasteiger partial charge in [-0.1, -0.05) is 0 Å². The molecule has 0 saturated carbocycles. The topological polar surface area (TPSA) is 60.6 Å². The van der Waals surface area contributed by atoms with E-state index in [-0.39, 0.29) is 0 Å². The Hall–Kier alpha value is -1.33. The predicted octanol–water partition coefficient (Wildman–Crippen LogP) is 1.25. The number of nitrogens with zero attached hydrogens (tertiary/aromatic N) is 2. The Morgan fingerprint density at radius 2 is 2.05 bits per heavy atom. The highest BCUT2D eigenvalue weighted by molar-refractivity contribution is 5.39. The van der Waals surface area contributed by atoms with Gasteiger partial charge >= 0.3 is 0 Å². The summed E-state index contributed by atoms with van der Waals surface area (Å²) in [5.41, 5.74) is 6.90. The first-order chi connectivity index (χ1) is 9.28. The molecule has 0 unspecified atom stereocenters. The zero-order chi connectivity index (χ0) is 13.2. The Morgan fingerprint density at radius 3 is 2.63 bits per heavy atom. The number of aromatic nitrogens is 1. The van der Waals surface area contributed by atoms with Gasteiger partial charge in [-0.25, -0.2) is 0 Å². The Labute approximate surface area is 113 Å². The standard InChI is InChI=1S/C14H21N3O2/c1-18-14-12(2-3-13(15)16-14)10-4-6-17(7-5-10)11-8-19-9-11/h2-3,10-11H,4-9H2,1H3,(H2,15,16). The van der Waals surface area contributed by atoms with Gasteiger partial charge in [-0.2, -0.15) is 4.98 Å². The molecule has 3 heterocycles. The van der Waals surface area contributed by atoms with Crippen molar-refractivity contribution in [1.82, 2.24) is 9.88 Å². The Morgan fingerprint density at radius 1 is 1.32 bits per heavy atom. The van der Waals surface area contributed by atoms with Crippen molar-refractivity contribution in [3.05, 3.63) is 17.7 Å². The van der Waals surface area contributed by atoms with Crippen LogP contribution in [0, 0.1) is 0 Å². The molecule has 2 N–H and O–H groups in total. The van der Waals surface area contributed by atoms with Crippen LogP contribution in [0.15, 0.2) is 12.1 Å². The van der Waals surface area contributed by atoms with Gasteiger partial charge < -0.3 is 15.2 Å². The second-order valence-corrected chi connectivity index (χ2v) is 5.34. The highest BCUT2D eigenvalue weighted by Crippen LogP contribution is 2.34. The van der Waals surface area contributed by atoms with E-state index in [1.165, 1.54) is 5.56 Å². The molecule has 2 fully saturated rings. The van der Waals surface area contributed by atoms with Crippen LogP contribution in [-0.2, 0) is 4.74 Å². The van der Waals surface area contributed by atoms with Gasteiger partial charge in [-0.15, -0.1) is 0 Å². The van der Waals surface area contributed by atoms with E-state index in [0.29, 0.717) is 23.7 Å². The zero-order valence-corrected chi connectivity index (χ0v) is 11.3. The third-order valence-electron chi connectivity index (χ3n) is 4.21. The molecular weight excluding hydrogens is 242 g/mol. The lowest BCUT2D eigenvalue weighted by Crippen LogP contribution is -2.51. The fourth-order valence-corrected chi connectivity index (χ4v) is 2.95. The second-order valence-electron chi connectivity index (χ2n) is 5.34. The maximum absolute atomic E-state index is 5.71. The summed E-state index contributed by atoms with van der Waals surface area (Å²) in [5.74, 6) is 1.73. The molecule has 104 valence electrons. The quantitative estimate of drug-likeness (QED) is 0.889. The molecule has 5 nitrogen and oxygen atoms in total. The van der Waals surface area contributed by atoms with Crippen molar-refractivity contribution in [2.45, 2.75) is 24.8 Å². The van der Waals surface area contributed by atoms with E-state index in [2.05, 4.69) is 16.0 Å². The van der Waals surface area contributed by atoms with Crippen LogP contribution in [0.5, 0.6) is 5.88 Å². The SMILES string of the molecule is COc1nc(N)ccc1C1CCN(C2COC2)CC1. The number of methoxy groups -OCH3 is 1. The molecule has 5 heteroatoms. The Balaban J connectivity index is 1.67. The number of nitrogen functional groups attached to an aromatic ring is 1. The Kier molecular flexibility index (Phi) is 3.57. The minimum atomic E-state index is 0.518. The molecule has 2 aliphatic rings. The Bertz CT molecular complexity index is 440. The molecule has 1 aromatic heterocycles. The monoisotopic (exact) mass is 263 g/mol. The van der Waals surface area contributed by atoms with Crippen LogP contribution in [0.1, 0.15) is 24.3 Å². The molecule has 3 rings (SSSR count). The molecule has 0 spiro atoms. The summed E-state index contributed by atoms with van der Waals surface area (Å²) in [4.78, 5) is 6.81. The lowest BCUT2D eigenvalue weighted by Gasteiger charge is -2.41. The molecule has 0 aromatic carbocycles. The smallest absolute Gasteiger partial charge is 0.218 e. The number of piperidine rings is 1. The summed E-state index contributed by atoms with van der Waals surface area (Å²) in [7, 11) is 1.66. The molecule has 1 aromatic rings. The molecule has 0 radical (unpaired) electrons. The van der Waals surface area contributed by atoms with Gasteiger partial charge in [0.2, 0.25) is 5.88 Å². The molecule has 0 bridgehead atoms. The fraction of sp³-hybridized carbons (Fsp3) is 0.643. The lowest BCUT2D eigenvalue weighted by molar-refractivity contribution is -0.0713. The van der Waals surface area contributed by atoms with Crippen molar-refractivity contribution in [2.75, 3.05) is 39.1 Å². The summed E-state index contributed by atoms with van der Waals surface area (Å²) in [5, 5.41) is 0. The highest BCUT2D eigenvalue weighted by atomic mass is 16.5. The van der Waals surface area contributed by atoms with Crippen LogP contribution in [0.2, 0.25) is 0 Å². The number of pyridine rings is 1. The summed E-state index contributed by atoms with van der Waals surface area (Å²) in [6.07, 6.45) is 2.30. The summed E-state index contributed by atoms with van der Waals surface area (Å²) < 4.78 is 10.6. The van der Waals surface area contributed by atoms with Gasteiger partial charge in [-0.3, -0.25) is 4.90 Å². The average molecular weight is 263 g/mol. The third kappa shape index (κ3) is 2.53. The lowest BCUT2D eigenvalue weighted by atomic mass is 9.89. The van der Waals surface area contributed by atoms with Crippen LogP contribution < -0.4 is 10.5 Å². The number of rotatable bonds is 3. The van der Waals surface area contributed by atoms with E-state index >= 15 is 0 Å². The fourth-order valence-electron chi connectivity index (χ4n) is 2.95. The van der Waals surface area contributed by atoms with Gasteiger partial charge in [-0.05, 0) is 44.0 Å². The van der Waals surface area contributed by atoms with E-state index in [0.717, 1.165) is 39.1 Å². The van der Waals surface area contributed by atoms with Crippen molar-refractivity contribution >= 4 is 5.82 Å². The normalized spacial score (nSPS) is 22.2. The van der Waals surface area contributed by atoms with Crippen molar-refractivity contribution in [3.8, 4) is 5.88 Å². The highest BCUT2D eigenvalue weighted by Gasteiger charge is 2.31. The molecule has 0 aliphatic carbocycles. The third-order valence-corrected chi connectivity index (χ3v) is 4.21. The van der Waals surface area contributed by atoms with Crippen LogP contribution in [0.4, 0.5) is 5.82 Å². The largest absolute Gasteiger partial charge is 0.481 e. The number of likely N-dealkylation sites (tertiary alicyclic amines) is 1. The average Bonchev–Trinajstić information content (AvgIpc) is 2.38. The van der Waals surface area contributed by atoms with Gasteiger partial charge in [0.25, 0.3) is 0 Å². The minimum Gasteiger partial charge on any atom is -0.481 e. The predicted molar refractivity (Wildman–Crippen MR) is 73.4 cm³/mol. The number of nitrogens with two attached hydrogens (primary N) is 1. The van der Waals surface area contributed by atoms with Gasteiger partial charge in [0, 0.05) is 5.56 Å². The first-order valence-electron chi connectivity index (χ1n) is 6.90. The number of hydrogen-bond donors (Lipinski definition) is 1. The van der Waals surface area contributed by atoms with Gasteiger partial charge in [0.15, 0.2) is 0 Å². The van der Waals surface area contributed by atoms with Gasteiger partial charge in [0.1, 0.15) is 5.82 Å². The number of anilines is 1. The molecule has 2 aliphatic heterocycles. The number of ether oxygens (including phenoxy) is 2. The van der Waals surface area contributed by atoms with Crippen molar-refractivity contribution < 1.29 is 9.47 Å². The molecule has 19 heavy (non-hydrogen) atoms. The second kappa shape index (κ2) is 5.35. The molecule has 2 saturated heterocycles. The van der Waals surface area contributed by atoms with Crippen LogP contribution in [-0.4, -0.2) is 49.3 Å². The van der Waals surface area contributed by atoms with Crippen molar-refractivity contribution in [1.29, 1.82) is 0 Å². The molecule has 0 amide bonds. The molecular formula is C14H21N3O2.